The summed E-state index contributed by atoms with van der Waals surface area (Å²) in [5.74, 6) is 0.356. The number of alkyl halides is 3. The van der Waals surface area contributed by atoms with Crippen LogP contribution in [0.3, 0.4) is 0 Å². The number of halogens is 4. The first kappa shape index (κ1) is 25.4. The molecule has 0 aromatic heterocycles. The Balaban J connectivity index is 2.11. The average molecular weight is 475 g/mol. The van der Waals surface area contributed by atoms with E-state index >= 15 is 0 Å². The van der Waals surface area contributed by atoms with Gasteiger partial charge in [-0.05, 0) is 92.9 Å². The van der Waals surface area contributed by atoms with Crippen LogP contribution in [0.5, 0.6) is 0 Å². The summed E-state index contributed by atoms with van der Waals surface area (Å²) in [5, 5.41) is 0. The van der Waals surface area contributed by atoms with E-state index in [-0.39, 0.29) is 5.82 Å². The molecule has 0 bridgehead atoms. The average Bonchev–Trinajstić information content (AvgIpc) is 2.77. The molecule has 0 saturated carbocycles. The van der Waals surface area contributed by atoms with Crippen LogP contribution in [0.2, 0.25) is 0 Å². The molecule has 0 atom stereocenters. The van der Waals surface area contributed by atoms with Gasteiger partial charge in [-0.3, -0.25) is 0 Å². The number of benzene rings is 2. The third-order valence-electron chi connectivity index (χ3n) is 5.72. The smallest absolute Gasteiger partial charge is 0.416 e. The minimum Gasteiger partial charge on any atom is -0.497 e. The fourth-order valence-corrected chi connectivity index (χ4v) is 4.11. The summed E-state index contributed by atoms with van der Waals surface area (Å²) in [5.41, 5.74) is 3.88. The molecule has 0 spiro atoms. The van der Waals surface area contributed by atoms with Crippen LogP contribution in [0.1, 0.15) is 43.9 Å². The second-order valence-corrected chi connectivity index (χ2v) is 8.48. The second kappa shape index (κ2) is 10.4. The highest BCUT2D eigenvalue weighted by Crippen LogP contribution is 2.40. The van der Waals surface area contributed by atoms with Crippen molar-refractivity contribution in [1.29, 1.82) is 0 Å². The van der Waals surface area contributed by atoms with Gasteiger partial charge in [-0.15, -0.1) is 0 Å². The monoisotopic (exact) mass is 474 g/mol. The van der Waals surface area contributed by atoms with E-state index in [2.05, 4.69) is 0 Å². The van der Waals surface area contributed by atoms with E-state index < -0.39 is 11.7 Å². The van der Waals surface area contributed by atoms with Gasteiger partial charge in [-0.1, -0.05) is 12.5 Å². The molecule has 1 aliphatic heterocycles. The number of fused-ring (bicyclic) bond motifs is 1. The minimum absolute atomic E-state index is 0.306. The lowest BCUT2D eigenvalue weighted by Gasteiger charge is -2.41. The van der Waals surface area contributed by atoms with Gasteiger partial charge in [0.05, 0.1) is 19.3 Å². The Morgan fingerprint density at radius 1 is 1.06 bits per heavy atom. The van der Waals surface area contributed by atoms with Crippen LogP contribution in [0.4, 0.5) is 28.9 Å². The molecular weight excluding hydrogens is 444 g/mol. The summed E-state index contributed by atoms with van der Waals surface area (Å²) in [4.78, 5) is 3.96. The molecule has 0 fully saturated rings. The van der Waals surface area contributed by atoms with Crippen molar-refractivity contribution >= 4 is 11.4 Å². The maximum absolute atomic E-state index is 13.8. The van der Waals surface area contributed by atoms with Crippen LogP contribution in [-0.4, -0.2) is 18.7 Å². The zero-order chi connectivity index (χ0) is 25.0. The Labute approximate surface area is 198 Å². The highest BCUT2D eigenvalue weighted by molar-refractivity contribution is 5.70. The van der Waals surface area contributed by atoms with Crippen molar-refractivity contribution in [3.63, 3.8) is 0 Å². The predicted molar refractivity (Wildman–Crippen MR) is 128 cm³/mol. The van der Waals surface area contributed by atoms with Crippen LogP contribution in [0, 0.1) is 12.7 Å². The van der Waals surface area contributed by atoms with Crippen LogP contribution in [-0.2, 0) is 17.5 Å². The van der Waals surface area contributed by atoms with E-state index in [9.17, 15) is 17.6 Å². The number of hydrogen-bond donors (Lipinski definition) is 0. The normalized spacial score (nSPS) is 14.4. The first-order valence-electron chi connectivity index (χ1n) is 11.1. The fourth-order valence-electron chi connectivity index (χ4n) is 4.11. The Morgan fingerprint density at radius 2 is 1.76 bits per heavy atom. The fraction of sp³-hybridized carbons (Fsp3) is 0.333. The van der Waals surface area contributed by atoms with Crippen molar-refractivity contribution in [2.75, 3.05) is 18.7 Å². The van der Waals surface area contributed by atoms with E-state index in [1.165, 1.54) is 24.3 Å². The van der Waals surface area contributed by atoms with E-state index in [4.69, 9.17) is 4.74 Å². The molecule has 34 heavy (non-hydrogen) atoms. The van der Waals surface area contributed by atoms with Gasteiger partial charge in [0.2, 0.25) is 0 Å². The minimum atomic E-state index is -4.44. The Morgan fingerprint density at radius 3 is 2.35 bits per heavy atom. The maximum Gasteiger partial charge on any atom is 0.416 e. The van der Waals surface area contributed by atoms with Gasteiger partial charge in [-0.25, -0.2) is 4.39 Å². The number of nitrogens with zero attached hydrogens (tertiary/aromatic N) is 2. The zero-order valence-electron chi connectivity index (χ0n) is 20.1. The first-order valence-corrected chi connectivity index (χ1v) is 11.1. The van der Waals surface area contributed by atoms with Crippen molar-refractivity contribution in [2.24, 2.45) is 0 Å². The van der Waals surface area contributed by atoms with E-state index in [1.807, 2.05) is 48.8 Å². The molecule has 0 saturated heterocycles. The van der Waals surface area contributed by atoms with Gasteiger partial charge in [0.15, 0.2) is 0 Å². The largest absolute Gasteiger partial charge is 0.497 e. The first-order chi connectivity index (χ1) is 16.0. The number of aryl methyl sites for hydroxylation is 1. The van der Waals surface area contributed by atoms with Crippen molar-refractivity contribution < 1.29 is 22.3 Å². The number of ether oxygens (including phenoxy) is 1. The predicted octanol–water partition coefficient (Wildman–Crippen LogP) is 7.85. The highest BCUT2D eigenvalue weighted by atomic mass is 19.4. The molecule has 0 unspecified atom stereocenters. The quantitative estimate of drug-likeness (QED) is 0.241. The molecule has 7 heteroatoms. The van der Waals surface area contributed by atoms with Gasteiger partial charge >= 0.3 is 6.18 Å². The number of methoxy groups -OCH3 is 1. The van der Waals surface area contributed by atoms with Crippen molar-refractivity contribution in [3.05, 3.63) is 94.2 Å². The van der Waals surface area contributed by atoms with Crippen LogP contribution in [0.25, 0.3) is 0 Å². The zero-order valence-corrected chi connectivity index (χ0v) is 20.1. The van der Waals surface area contributed by atoms with Gasteiger partial charge < -0.3 is 14.5 Å². The van der Waals surface area contributed by atoms with E-state index in [0.29, 0.717) is 35.8 Å². The molecule has 0 radical (unpaired) electrons. The van der Waals surface area contributed by atoms with Gasteiger partial charge in [0.25, 0.3) is 0 Å². The molecule has 3 rings (SSSR count). The molecule has 1 heterocycles. The Kier molecular flexibility index (Phi) is 7.75. The molecule has 3 nitrogen and oxygen atoms in total. The van der Waals surface area contributed by atoms with Gasteiger partial charge in [0.1, 0.15) is 11.6 Å². The topological polar surface area (TPSA) is 15.7 Å². The molecule has 2 aromatic rings. The lowest BCUT2D eigenvalue weighted by atomic mass is 10.0. The summed E-state index contributed by atoms with van der Waals surface area (Å²) < 4.78 is 59.6. The molecule has 2 aromatic carbocycles. The highest BCUT2D eigenvalue weighted by Gasteiger charge is 2.33. The lowest BCUT2D eigenvalue weighted by Crippen LogP contribution is -2.39. The number of anilines is 2. The van der Waals surface area contributed by atoms with Crippen molar-refractivity contribution in [1.82, 2.24) is 4.90 Å². The summed E-state index contributed by atoms with van der Waals surface area (Å²) >= 11 is 0. The molecule has 1 aliphatic rings. The third-order valence-corrected chi connectivity index (χ3v) is 5.72. The Bertz CT molecular complexity index is 1130. The Hall–Kier alpha value is -3.22. The molecule has 0 amide bonds. The lowest BCUT2D eigenvalue weighted by molar-refractivity contribution is -0.137. The van der Waals surface area contributed by atoms with E-state index in [1.54, 1.807) is 20.1 Å². The molecule has 182 valence electrons. The van der Waals surface area contributed by atoms with Crippen LogP contribution in [0.15, 0.2) is 71.7 Å². The maximum atomic E-state index is 13.8. The van der Waals surface area contributed by atoms with Crippen LogP contribution >= 0.6 is 0 Å². The molecule has 0 aliphatic carbocycles. The van der Waals surface area contributed by atoms with Crippen LogP contribution < -0.4 is 4.90 Å². The molecule has 0 N–H and O–H groups in total. The summed E-state index contributed by atoms with van der Waals surface area (Å²) in [6.07, 6.45) is 2.11. The van der Waals surface area contributed by atoms with Gasteiger partial charge in [0, 0.05) is 23.6 Å². The SMILES string of the molecule is CC/C=C(/C=C\C(=C(C)C)N1Cc2cc(C(F)(F)F)ccc2N(c2ccc(F)cc2C)C1)OC. The third kappa shape index (κ3) is 5.64. The summed E-state index contributed by atoms with van der Waals surface area (Å²) in [6.45, 7) is 8.44. The van der Waals surface area contributed by atoms with E-state index in [0.717, 1.165) is 29.4 Å². The summed E-state index contributed by atoms with van der Waals surface area (Å²) in [6, 6.07) is 8.27. The number of hydrogen-bond acceptors (Lipinski definition) is 3. The standard InChI is InChI=1S/C27H30F4N2O/c1-6-7-23(34-5)10-13-24(18(2)3)32-16-20-15-21(27(29,30)31)8-11-26(20)33(17-32)25-12-9-22(28)14-19(25)4/h7-15H,6,16-17H2,1-5H3/b13-10-,23-7-. The number of rotatable bonds is 6. The molecular formula is C27H30F4N2O. The van der Waals surface area contributed by atoms with Gasteiger partial charge in [-0.2, -0.15) is 13.2 Å². The summed E-state index contributed by atoms with van der Waals surface area (Å²) in [7, 11) is 1.60. The second-order valence-electron chi connectivity index (χ2n) is 8.48. The van der Waals surface area contributed by atoms with Crippen molar-refractivity contribution in [2.45, 2.75) is 46.8 Å². The number of allylic oxidation sites excluding steroid dienone is 4. The van der Waals surface area contributed by atoms with Crippen molar-refractivity contribution in [3.8, 4) is 0 Å².